The molecule has 0 bridgehead atoms. The number of allylic oxidation sites excluding steroid dienone is 2. The molecule has 0 aromatic rings. The summed E-state index contributed by atoms with van der Waals surface area (Å²) in [4.78, 5) is 0. The Morgan fingerprint density at radius 2 is 0.882 bits per heavy atom. The van der Waals surface area contributed by atoms with Crippen molar-refractivity contribution in [3.63, 3.8) is 0 Å². The third-order valence-electron chi connectivity index (χ3n) is 1.93. The Bertz CT molecular complexity index is 162. The van der Waals surface area contributed by atoms with E-state index < -0.39 is 0 Å². The second-order valence-electron chi connectivity index (χ2n) is 3.56. The third-order valence-corrected chi connectivity index (χ3v) is 5.31. The van der Waals surface area contributed by atoms with Crippen LogP contribution >= 0.6 is 8.96 Å². The fourth-order valence-corrected chi connectivity index (χ4v) is 2.19. The van der Waals surface area contributed by atoms with E-state index in [2.05, 4.69) is 20.8 Å². The second kappa shape index (κ2) is 13.3. The maximum Gasteiger partial charge on any atom is -0.0312 e. The van der Waals surface area contributed by atoms with Crippen molar-refractivity contribution in [2.45, 2.75) is 20.8 Å². The first-order chi connectivity index (χ1) is 8.18. The van der Waals surface area contributed by atoms with Crippen molar-refractivity contribution in [2.75, 3.05) is 0 Å². The van der Waals surface area contributed by atoms with Crippen molar-refractivity contribution in [1.82, 2.24) is 0 Å². The fraction of sp³-hybridized carbons (Fsp3) is 0.200. The van der Waals surface area contributed by atoms with Gasteiger partial charge in [0.05, 0.1) is 0 Å². The molecule has 0 N–H and O–H groups in total. The SMILES string of the molecule is CC(C)=C(C)[Te]Cl.[CH]1[CH][CH][CH][CH]1.[CH]1[CH][CH][CH][CH]1. The molecule has 2 aliphatic carbocycles. The Kier molecular flexibility index (Phi) is 13.9. The Morgan fingerprint density at radius 1 is 0.647 bits per heavy atom. The molecule has 0 aromatic heterocycles. The van der Waals surface area contributed by atoms with Gasteiger partial charge in [-0.2, -0.15) is 0 Å². The predicted octanol–water partition coefficient (Wildman–Crippen LogP) is 4.20. The molecule has 17 heavy (non-hydrogen) atoms. The van der Waals surface area contributed by atoms with Gasteiger partial charge in [-0.3, -0.25) is 0 Å². The van der Waals surface area contributed by atoms with Gasteiger partial charge in [-0.1, -0.05) is 0 Å². The first-order valence-corrected chi connectivity index (χ1v) is 9.56. The largest absolute Gasteiger partial charge is 0.0312 e. The molecule has 2 fully saturated rings. The molecule has 0 amide bonds. The van der Waals surface area contributed by atoms with E-state index in [0.717, 1.165) is 0 Å². The van der Waals surface area contributed by atoms with Crippen LogP contribution in [-0.2, 0) is 0 Å². The number of halogens is 1. The van der Waals surface area contributed by atoms with Crippen molar-refractivity contribution >= 4 is 28.8 Å². The monoisotopic (exact) mass is 364 g/mol. The zero-order chi connectivity index (χ0) is 12.9. The van der Waals surface area contributed by atoms with Gasteiger partial charge in [0.1, 0.15) is 0 Å². The maximum atomic E-state index is 5.62. The topological polar surface area (TPSA) is 0 Å². The summed E-state index contributed by atoms with van der Waals surface area (Å²) in [5.41, 5.74) is 1.39. The maximum absolute atomic E-state index is 5.62. The minimum Gasteiger partial charge on any atom is -0.0312 e. The first kappa shape index (κ1) is 17.8. The van der Waals surface area contributed by atoms with Gasteiger partial charge in [-0.15, -0.1) is 0 Å². The van der Waals surface area contributed by atoms with Crippen LogP contribution in [0.3, 0.4) is 0 Å². The molecule has 2 saturated carbocycles. The smallest absolute Gasteiger partial charge is 0.0312 e. The van der Waals surface area contributed by atoms with Crippen LogP contribution in [0.2, 0.25) is 0 Å². The molecule has 2 aliphatic rings. The van der Waals surface area contributed by atoms with E-state index in [0.29, 0.717) is 0 Å². The summed E-state index contributed by atoms with van der Waals surface area (Å²) in [7, 11) is 5.62. The van der Waals surface area contributed by atoms with E-state index in [1.54, 1.807) is 0 Å². The summed E-state index contributed by atoms with van der Waals surface area (Å²) in [5, 5.41) is 0. The van der Waals surface area contributed by atoms with Crippen LogP contribution in [0.5, 0.6) is 0 Å². The van der Waals surface area contributed by atoms with Crippen LogP contribution in [-0.4, -0.2) is 19.8 Å². The molecule has 0 heterocycles. The second-order valence-corrected chi connectivity index (χ2v) is 6.78. The van der Waals surface area contributed by atoms with E-state index in [9.17, 15) is 0 Å². The molecular weight excluding hydrogens is 343 g/mol. The minimum atomic E-state index is -0.292. The van der Waals surface area contributed by atoms with E-state index in [4.69, 9.17) is 8.96 Å². The molecule has 2 rings (SSSR count). The van der Waals surface area contributed by atoms with Gasteiger partial charge in [0.25, 0.3) is 0 Å². The Morgan fingerprint density at radius 3 is 0.941 bits per heavy atom. The van der Waals surface area contributed by atoms with E-state index in [1.807, 2.05) is 64.2 Å². The molecule has 10 radical (unpaired) electrons. The summed E-state index contributed by atoms with van der Waals surface area (Å²) < 4.78 is 1.41. The molecule has 0 nitrogen and oxygen atoms in total. The number of hydrogen-bond donors (Lipinski definition) is 0. The number of rotatable bonds is 1. The third kappa shape index (κ3) is 13.1. The average Bonchev–Trinajstić information content (AvgIpc) is 3.04. The predicted molar refractivity (Wildman–Crippen MR) is 78.7 cm³/mol. The quantitative estimate of drug-likeness (QED) is 0.614. The molecule has 92 valence electrons. The van der Waals surface area contributed by atoms with Crippen LogP contribution in [0.15, 0.2) is 9.19 Å². The Labute approximate surface area is 122 Å². The molecule has 0 unspecified atom stereocenters. The van der Waals surface area contributed by atoms with Gasteiger partial charge in [-0.25, -0.2) is 0 Å². The zero-order valence-corrected chi connectivity index (χ0v) is 13.6. The first-order valence-electron chi connectivity index (χ1n) is 5.44. The van der Waals surface area contributed by atoms with Crippen LogP contribution in [0.25, 0.3) is 0 Å². The van der Waals surface area contributed by atoms with Gasteiger partial charge in [-0.05, 0) is 64.2 Å². The summed E-state index contributed by atoms with van der Waals surface area (Å²) in [5.74, 6) is 0. The minimum absolute atomic E-state index is 0.292. The average molecular weight is 362 g/mol. The molecule has 2 heteroatoms. The fourth-order valence-electron chi connectivity index (χ4n) is 0.719. The number of hydrogen-bond acceptors (Lipinski definition) is 0. The van der Waals surface area contributed by atoms with Gasteiger partial charge >= 0.3 is 58.7 Å². The van der Waals surface area contributed by atoms with Crippen LogP contribution in [0, 0.1) is 64.2 Å². The van der Waals surface area contributed by atoms with Crippen molar-refractivity contribution in [1.29, 1.82) is 0 Å². The molecule has 0 atom stereocenters. The summed E-state index contributed by atoms with van der Waals surface area (Å²) >= 11 is -0.292. The molecule has 0 saturated heterocycles. The summed E-state index contributed by atoms with van der Waals surface area (Å²) in [6.07, 6.45) is 20.0. The molecule has 0 aromatic carbocycles. The van der Waals surface area contributed by atoms with Crippen LogP contribution in [0.1, 0.15) is 20.8 Å². The molecule has 0 spiro atoms. The van der Waals surface area contributed by atoms with Crippen LogP contribution in [0.4, 0.5) is 0 Å². The van der Waals surface area contributed by atoms with E-state index >= 15 is 0 Å². The Balaban J connectivity index is 0.000000229. The van der Waals surface area contributed by atoms with E-state index in [1.165, 1.54) is 9.19 Å². The van der Waals surface area contributed by atoms with Crippen molar-refractivity contribution in [2.24, 2.45) is 0 Å². The van der Waals surface area contributed by atoms with Gasteiger partial charge in [0.15, 0.2) is 0 Å². The summed E-state index contributed by atoms with van der Waals surface area (Å²) in [6, 6.07) is 0. The van der Waals surface area contributed by atoms with Gasteiger partial charge in [0.2, 0.25) is 0 Å². The Hall–Kier alpha value is 0.820. The normalized spacial score (nSPS) is 17.6. The molecular formula is C15H19ClTe. The summed E-state index contributed by atoms with van der Waals surface area (Å²) in [6.45, 7) is 6.30. The standard InChI is InChI=1S/C5H9ClTe.2C5H5/c1-4(2)5(3)7-6;2*1-2-4-5-3-1/h1-3H3;2*1-5H. The van der Waals surface area contributed by atoms with Gasteiger partial charge < -0.3 is 0 Å². The molecule has 0 aliphatic heterocycles. The van der Waals surface area contributed by atoms with Crippen LogP contribution < -0.4 is 0 Å². The van der Waals surface area contributed by atoms with Crippen molar-refractivity contribution < 1.29 is 0 Å². The van der Waals surface area contributed by atoms with E-state index in [-0.39, 0.29) is 19.8 Å². The van der Waals surface area contributed by atoms with Gasteiger partial charge in [0, 0.05) is 0 Å². The zero-order valence-electron chi connectivity index (χ0n) is 10.6. The van der Waals surface area contributed by atoms with Crippen molar-refractivity contribution in [3.8, 4) is 0 Å². The van der Waals surface area contributed by atoms with Crippen molar-refractivity contribution in [3.05, 3.63) is 73.4 Å².